The Morgan fingerprint density at radius 2 is 1.97 bits per heavy atom. The zero-order chi connectivity index (χ0) is 21.9. The highest BCUT2D eigenvalue weighted by Crippen LogP contribution is 2.37. The van der Waals surface area contributed by atoms with Crippen LogP contribution in [0.4, 0.5) is 5.69 Å². The van der Waals surface area contributed by atoms with Crippen LogP contribution >= 0.6 is 0 Å². The molecule has 0 aromatic heterocycles. The van der Waals surface area contributed by atoms with Crippen molar-refractivity contribution in [3.05, 3.63) is 59.7 Å². The van der Waals surface area contributed by atoms with E-state index in [0.717, 1.165) is 69.9 Å². The quantitative estimate of drug-likeness (QED) is 0.678. The first-order valence-corrected chi connectivity index (χ1v) is 11.5. The number of methoxy groups -OCH3 is 1. The number of nitrogens with zero attached hydrogens (tertiary/aromatic N) is 4. The summed E-state index contributed by atoms with van der Waals surface area (Å²) in [5.74, 6) is 1.90. The number of fused-ring (bicyclic) bond motifs is 1. The van der Waals surface area contributed by atoms with Crippen molar-refractivity contribution in [1.29, 1.82) is 0 Å². The van der Waals surface area contributed by atoms with Crippen molar-refractivity contribution in [3.8, 4) is 5.75 Å². The first-order valence-electron chi connectivity index (χ1n) is 11.5. The number of hydrogen-bond donors (Lipinski definition) is 1. The number of piperazine rings is 1. The summed E-state index contributed by atoms with van der Waals surface area (Å²) in [7, 11) is 1.71. The zero-order valence-electron chi connectivity index (χ0n) is 18.6. The van der Waals surface area contributed by atoms with E-state index in [1.165, 1.54) is 16.8 Å². The number of hydrogen-bond acceptors (Lipinski definition) is 7. The van der Waals surface area contributed by atoms with Gasteiger partial charge in [-0.05, 0) is 36.1 Å². The molecule has 1 aliphatic carbocycles. The second kappa shape index (κ2) is 9.20. The van der Waals surface area contributed by atoms with E-state index in [1.54, 1.807) is 7.11 Å². The number of anilines is 1. The molecular formula is C25H31N5O2. The SMILES string of the molecule is COc1cccc(N2CCN(CCC3=NNC(C=O)N3C3CCc4ccccc43)CC2)c1. The van der Waals surface area contributed by atoms with E-state index in [-0.39, 0.29) is 12.2 Å². The maximum Gasteiger partial charge on any atom is 0.173 e. The van der Waals surface area contributed by atoms with E-state index in [1.807, 2.05) is 12.1 Å². The summed E-state index contributed by atoms with van der Waals surface area (Å²) in [5, 5.41) is 4.56. The Morgan fingerprint density at radius 3 is 2.78 bits per heavy atom. The molecule has 3 aliphatic rings. The molecule has 0 radical (unpaired) electrons. The van der Waals surface area contributed by atoms with Crippen molar-refractivity contribution in [1.82, 2.24) is 15.2 Å². The molecule has 0 saturated carbocycles. The summed E-state index contributed by atoms with van der Waals surface area (Å²) in [6, 6.07) is 17.1. The van der Waals surface area contributed by atoms with Crippen molar-refractivity contribution < 1.29 is 9.53 Å². The lowest BCUT2D eigenvalue weighted by molar-refractivity contribution is -0.112. The average Bonchev–Trinajstić information content (AvgIpc) is 3.46. The monoisotopic (exact) mass is 433 g/mol. The van der Waals surface area contributed by atoms with Crippen LogP contribution in [-0.4, -0.2) is 67.9 Å². The van der Waals surface area contributed by atoms with Crippen LogP contribution in [0.1, 0.15) is 30.0 Å². The average molecular weight is 434 g/mol. The molecule has 2 unspecified atom stereocenters. The largest absolute Gasteiger partial charge is 0.497 e. The van der Waals surface area contributed by atoms with Crippen molar-refractivity contribution in [2.45, 2.75) is 31.5 Å². The Balaban J connectivity index is 1.19. The number of hydrazone groups is 1. The number of carbonyl (C=O) groups excluding carboxylic acids is 1. The molecule has 32 heavy (non-hydrogen) atoms. The van der Waals surface area contributed by atoms with E-state index >= 15 is 0 Å². The van der Waals surface area contributed by atoms with Crippen molar-refractivity contribution in [2.24, 2.45) is 5.10 Å². The van der Waals surface area contributed by atoms with Crippen LogP contribution in [0.2, 0.25) is 0 Å². The van der Waals surface area contributed by atoms with Crippen molar-refractivity contribution >= 4 is 17.8 Å². The van der Waals surface area contributed by atoms with Crippen LogP contribution in [0.25, 0.3) is 0 Å². The van der Waals surface area contributed by atoms with E-state index in [0.29, 0.717) is 0 Å². The molecule has 2 atom stereocenters. The summed E-state index contributed by atoms with van der Waals surface area (Å²) in [5.41, 5.74) is 6.99. The summed E-state index contributed by atoms with van der Waals surface area (Å²) in [6.07, 6.45) is 3.54. The lowest BCUT2D eigenvalue weighted by atomic mass is 10.1. The molecular weight excluding hydrogens is 402 g/mol. The van der Waals surface area contributed by atoms with Gasteiger partial charge in [0, 0.05) is 50.9 Å². The third-order valence-electron chi connectivity index (χ3n) is 6.93. The highest BCUT2D eigenvalue weighted by Gasteiger charge is 2.37. The minimum atomic E-state index is -0.369. The van der Waals surface area contributed by atoms with Gasteiger partial charge in [-0.2, -0.15) is 5.10 Å². The Hall–Kier alpha value is -3.06. The van der Waals surface area contributed by atoms with Crippen molar-refractivity contribution in [3.63, 3.8) is 0 Å². The zero-order valence-corrected chi connectivity index (χ0v) is 18.6. The molecule has 7 heteroatoms. The van der Waals surface area contributed by atoms with Gasteiger partial charge in [0.1, 0.15) is 11.6 Å². The third-order valence-corrected chi connectivity index (χ3v) is 6.93. The predicted octanol–water partition coefficient (Wildman–Crippen LogP) is 2.64. The van der Waals surface area contributed by atoms with E-state index in [2.05, 4.69) is 61.6 Å². The fraction of sp³-hybridized carbons (Fsp3) is 0.440. The van der Waals surface area contributed by atoms with Crippen LogP contribution in [0.5, 0.6) is 5.75 Å². The molecule has 2 aromatic rings. The van der Waals surface area contributed by atoms with Gasteiger partial charge >= 0.3 is 0 Å². The fourth-order valence-corrected chi connectivity index (χ4v) is 5.19. The maximum atomic E-state index is 11.8. The van der Waals surface area contributed by atoms with Gasteiger partial charge in [-0.1, -0.05) is 30.3 Å². The lowest BCUT2D eigenvalue weighted by Crippen LogP contribution is -2.48. The predicted molar refractivity (Wildman–Crippen MR) is 126 cm³/mol. The first-order chi connectivity index (χ1) is 15.8. The number of nitrogens with one attached hydrogen (secondary N) is 1. The molecule has 1 saturated heterocycles. The minimum absolute atomic E-state index is 0.222. The van der Waals surface area contributed by atoms with Crippen molar-refractivity contribution in [2.75, 3.05) is 44.7 Å². The third kappa shape index (κ3) is 4.05. The van der Waals surface area contributed by atoms with Crippen LogP contribution < -0.4 is 15.1 Å². The molecule has 2 aromatic carbocycles. The van der Waals surface area contributed by atoms with E-state index in [9.17, 15) is 4.79 Å². The second-order valence-electron chi connectivity index (χ2n) is 8.68. The van der Waals surface area contributed by atoms with Gasteiger partial charge in [-0.15, -0.1) is 0 Å². The molecule has 2 heterocycles. The molecule has 0 amide bonds. The number of amidine groups is 1. The summed E-state index contributed by atoms with van der Waals surface area (Å²) < 4.78 is 5.37. The van der Waals surface area contributed by atoms with Gasteiger partial charge in [0.2, 0.25) is 0 Å². The summed E-state index contributed by atoms with van der Waals surface area (Å²) in [4.78, 5) is 18.9. The Kier molecular flexibility index (Phi) is 5.99. The van der Waals surface area contributed by atoms with Gasteiger partial charge in [0.25, 0.3) is 0 Å². The number of carbonyl (C=O) groups is 1. The molecule has 0 spiro atoms. The van der Waals surface area contributed by atoms with E-state index in [4.69, 9.17) is 4.74 Å². The molecule has 168 valence electrons. The molecule has 7 nitrogen and oxygen atoms in total. The molecule has 2 aliphatic heterocycles. The first kappa shape index (κ1) is 20.8. The summed E-state index contributed by atoms with van der Waals surface area (Å²) in [6.45, 7) is 4.97. The Bertz CT molecular complexity index is 986. The topological polar surface area (TPSA) is 60.4 Å². The summed E-state index contributed by atoms with van der Waals surface area (Å²) >= 11 is 0. The van der Waals surface area contributed by atoms with Crippen LogP contribution in [0.3, 0.4) is 0 Å². The van der Waals surface area contributed by atoms with Gasteiger partial charge in [-0.25, -0.2) is 0 Å². The molecule has 5 rings (SSSR count). The van der Waals surface area contributed by atoms with Gasteiger partial charge in [-0.3, -0.25) is 15.1 Å². The van der Waals surface area contributed by atoms with Gasteiger partial charge in [0.05, 0.1) is 13.2 Å². The second-order valence-corrected chi connectivity index (χ2v) is 8.68. The minimum Gasteiger partial charge on any atom is -0.497 e. The number of benzene rings is 2. The fourth-order valence-electron chi connectivity index (χ4n) is 5.19. The molecule has 1 fully saturated rings. The van der Waals surface area contributed by atoms with E-state index < -0.39 is 0 Å². The number of aryl methyl sites for hydroxylation is 1. The number of aldehydes is 1. The lowest BCUT2D eigenvalue weighted by Gasteiger charge is -2.37. The Labute approximate surface area is 189 Å². The molecule has 0 bridgehead atoms. The van der Waals surface area contributed by atoms with Crippen LogP contribution in [-0.2, 0) is 11.2 Å². The smallest absolute Gasteiger partial charge is 0.173 e. The molecule has 1 N–H and O–H groups in total. The highest BCUT2D eigenvalue weighted by atomic mass is 16.5. The normalized spacial score (nSPS) is 23.0. The van der Waals surface area contributed by atoms with Crippen LogP contribution in [0, 0.1) is 0 Å². The maximum absolute atomic E-state index is 11.8. The number of rotatable bonds is 7. The standard InChI is InChI=1S/C25H31N5O2/c1-32-21-7-4-6-20(17-21)29-15-13-28(14-16-29)12-11-24-26-27-25(18-31)30(24)23-10-9-19-5-2-3-8-22(19)23/h2-8,17-18,23,25,27H,9-16H2,1H3. The Morgan fingerprint density at radius 1 is 1.12 bits per heavy atom. The number of ether oxygens (including phenoxy) is 1. The van der Waals surface area contributed by atoms with Gasteiger partial charge in [0.15, 0.2) is 12.5 Å². The highest BCUT2D eigenvalue weighted by molar-refractivity contribution is 5.87. The van der Waals surface area contributed by atoms with Gasteiger partial charge < -0.3 is 14.5 Å². The van der Waals surface area contributed by atoms with Crippen LogP contribution in [0.15, 0.2) is 53.6 Å².